The molecule has 0 aliphatic heterocycles. The van der Waals surface area contributed by atoms with Gasteiger partial charge in [-0.1, -0.05) is 22.9 Å². The van der Waals surface area contributed by atoms with Crippen LogP contribution in [0.1, 0.15) is 30.5 Å². The van der Waals surface area contributed by atoms with Crippen LogP contribution in [0.25, 0.3) is 0 Å². The molecule has 2 rings (SSSR count). The number of hydrogen-bond donors (Lipinski definition) is 1. The Bertz CT molecular complexity index is 482. The van der Waals surface area contributed by atoms with E-state index in [9.17, 15) is 0 Å². The maximum absolute atomic E-state index is 4.33. The molecule has 1 N–H and O–H groups in total. The minimum absolute atomic E-state index is 0.251. The van der Waals surface area contributed by atoms with Crippen molar-refractivity contribution in [3.8, 4) is 0 Å². The number of hydrogen-bond acceptors (Lipinski definition) is 3. The fourth-order valence-electron chi connectivity index (χ4n) is 1.74. The van der Waals surface area contributed by atoms with Gasteiger partial charge in [0.1, 0.15) is 5.01 Å². The molecule has 90 valence electrons. The normalized spacial score (nSPS) is 12.4. The molecule has 0 aliphatic rings. The van der Waals surface area contributed by atoms with Gasteiger partial charge in [0.15, 0.2) is 0 Å². The van der Waals surface area contributed by atoms with Gasteiger partial charge >= 0.3 is 0 Å². The van der Waals surface area contributed by atoms with Gasteiger partial charge in [-0.3, -0.25) is 0 Å². The quantitative estimate of drug-likeness (QED) is 0.889. The smallest absolute Gasteiger partial charge is 0.115 e. The molecule has 1 unspecified atom stereocenters. The van der Waals surface area contributed by atoms with Gasteiger partial charge < -0.3 is 5.32 Å². The summed E-state index contributed by atoms with van der Waals surface area (Å²) >= 11 is 5.19. The number of halogens is 1. The molecular weight excluding hydrogens is 296 g/mol. The molecule has 1 atom stereocenters. The van der Waals surface area contributed by atoms with E-state index in [0.717, 1.165) is 15.9 Å². The van der Waals surface area contributed by atoms with Crippen LogP contribution in [0.4, 0.5) is 5.69 Å². The monoisotopic (exact) mass is 310 g/mol. The first kappa shape index (κ1) is 12.6. The molecule has 0 radical (unpaired) electrons. The molecule has 0 saturated heterocycles. The van der Waals surface area contributed by atoms with Crippen LogP contribution in [-0.4, -0.2) is 4.98 Å². The highest BCUT2D eigenvalue weighted by molar-refractivity contribution is 9.10. The van der Waals surface area contributed by atoms with Crippen LogP contribution in [0, 0.1) is 0 Å². The molecular formula is C13H15BrN2S. The second kappa shape index (κ2) is 5.65. The largest absolute Gasteiger partial charge is 0.376 e. The number of aryl methyl sites for hydroxylation is 1. The third kappa shape index (κ3) is 3.07. The summed E-state index contributed by atoms with van der Waals surface area (Å²) in [6.45, 7) is 4.31. The van der Waals surface area contributed by atoms with Gasteiger partial charge in [0.05, 0.1) is 6.04 Å². The molecule has 1 aromatic heterocycles. The lowest BCUT2D eigenvalue weighted by Crippen LogP contribution is -2.07. The predicted molar refractivity (Wildman–Crippen MR) is 77.7 cm³/mol. The summed E-state index contributed by atoms with van der Waals surface area (Å²) in [7, 11) is 0. The molecule has 1 heterocycles. The lowest BCUT2D eigenvalue weighted by molar-refractivity contribution is 0.865. The predicted octanol–water partition coefficient (Wildman–Crippen LogP) is 4.64. The zero-order valence-electron chi connectivity index (χ0n) is 9.90. The Morgan fingerprint density at radius 1 is 1.47 bits per heavy atom. The van der Waals surface area contributed by atoms with E-state index in [1.54, 1.807) is 11.3 Å². The van der Waals surface area contributed by atoms with Crippen molar-refractivity contribution in [1.82, 2.24) is 4.98 Å². The Kier molecular flexibility index (Phi) is 4.18. The van der Waals surface area contributed by atoms with Gasteiger partial charge in [0.2, 0.25) is 0 Å². The van der Waals surface area contributed by atoms with Crippen LogP contribution >= 0.6 is 27.3 Å². The van der Waals surface area contributed by atoms with Crippen LogP contribution < -0.4 is 5.32 Å². The highest BCUT2D eigenvalue weighted by atomic mass is 79.9. The Morgan fingerprint density at radius 3 is 2.94 bits per heavy atom. The standard InChI is InChI=1S/C13H15BrN2S/c1-3-10-8-11(14)4-5-12(10)16-9(2)13-15-6-7-17-13/h4-9,16H,3H2,1-2H3. The molecule has 2 nitrogen and oxygen atoms in total. The highest BCUT2D eigenvalue weighted by Crippen LogP contribution is 2.26. The Hall–Kier alpha value is -0.870. The average molecular weight is 311 g/mol. The van der Waals surface area contributed by atoms with Gasteiger partial charge in [-0.15, -0.1) is 11.3 Å². The summed E-state index contributed by atoms with van der Waals surface area (Å²) in [5.74, 6) is 0. The van der Waals surface area contributed by atoms with E-state index in [-0.39, 0.29) is 6.04 Å². The lowest BCUT2D eigenvalue weighted by atomic mass is 10.1. The van der Waals surface area contributed by atoms with Crippen LogP contribution in [0.2, 0.25) is 0 Å². The minimum atomic E-state index is 0.251. The topological polar surface area (TPSA) is 24.9 Å². The van der Waals surface area contributed by atoms with E-state index in [1.165, 1.54) is 11.3 Å². The van der Waals surface area contributed by atoms with Crippen LogP contribution in [0.5, 0.6) is 0 Å². The summed E-state index contributed by atoms with van der Waals surface area (Å²) in [4.78, 5) is 4.33. The first-order chi connectivity index (χ1) is 8.20. The molecule has 4 heteroatoms. The van der Waals surface area contributed by atoms with Crippen LogP contribution in [0.3, 0.4) is 0 Å². The van der Waals surface area contributed by atoms with E-state index in [4.69, 9.17) is 0 Å². The number of aromatic nitrogens is 1. The summed E-state index contributed by atoms with van der Waals surface area (Å²) in [5, 5.41) is 6.65. The molecule has 1 aromatic carbocycles. The van der Waals surface area contributed by atoms with Gasteiger partial charge in [0.25, 0.3) is 0 Å². The average Bonchev–Trinajstić information content (AvgIpc) is 2.85. The first-order valence-corrected chi connectivity index (χ1v) is 7.32. The second-order valence-electron chi connectivity index (χ2n) is 3.89. The molecule has 0 amide bonds. The fourth-order valence-corrected chi connectivity index (χ4v) is 2.79. The molecule has 2 aromatic rings. The van der Waals surface area contributed by atoms with Gasteiger partial charge in [-0.2, -0.15) is 0 Å². The van der Waals surface area contributed by atoms with E-state index >= 15 is 0 Å². The number of nitrogens with one attached hydrogen (secondary N) is 1. The fraction of sp³-hybridized carbons (Fsp3) is 0.308. The Labute approximate surface area is 114 Å². The number of benzene rings is 1. The molecule has 0 spiro atoms. The van der Waals surface area contributed by atoms with Crippen molar-refractivity contribution < 1.29 is 0 Å². The summed E-state index contributed by atoms with van der Waals surface area (Å²) in [5.41, 5.74) is 2.51. The Balaban J connectivity index is 2.18. The third-order valence-electron chi connectivity index (χ3n) is 2.64. The lowest BCUT2D eigenvalue weighted by Gasteiger charge is -2.16. The van der Waals surface area contributed by atoms with E-state index in [1.807, 2.05) is 11.6 Å². The van der Waals surface area contributed by atoms with Crippen molar-refractivity contribution in [2.24, 2.45) is 0 Å². The van der Waals surface area contributed by atoms with Crippen LogP contribution in [0.15, 0.2) is 34.2 Å². The van der Waals surface area contributed by atoms with Crippen molar-refractivity contribution in [2.45, 2.75) is 26.3 Å². The molecule has 0 fully saturated rings. The summed E-state index contributed by atoms with van der Waals surface area (Å²) < 4.78 is 1.13. The highest BCUT2D eigenvalue weighted by Gasteiger charge is 2.09. The van der Waals surface area contributed by atoms with Gasteiger partial charge in [-0.25, -0.2) is 4.98 Å². The number of thiazole rings is 1. The van der Waals surface area contributed by atoms with Crippen molar-refractivity contribution in [3.05, 3.63) is 44.8 Å². The van der Waals surface area contributed by atoms with Crippen molar-refractivity contribution in [3.63, 3.8) is 0 Å². The summed E-state index contributed by atoms with van der Waals surface area (Å²) in [6.07, 6.45) is 2.87. The third-order valence-corrected chi connectivity index (χ3v) is 4.09. The van der Waals surface area contributed by atoms with E-state index in [2.05, 4.69) is 58.3 Å². The summed E-state index contributed by atoms with van der Waals surface area (Å²) in [6, 6.07) is 6.60. The Morgan fingerprint density at radius 2 is 2.29 bits per heavy atom. The maximum atomic E-state index is 4.33. The van der Waals surface area contributed by atoms with Crippen molar-refractivity contribution in [1.29, 1.82) is 0 Å². The van der Waals surface area contributed by atoms with Crippen molar-refractivity contribution in [2.75, 3.05) is 5.32 Å². The second-order valence-corrected chi connectivity index (χ2v) is 5.73. The minimum Gasteiger partial charge on any atom is -0.376 e. The van der Waals surface area contributed by atoms with E-state index < -0.39 is 0 Å². The van der Waals surface area contributed by atoms with E-state index in [0.29, 0.717) is 0 Å². The maximum Gasteiger partial charge on any atom is 0.115 e. The van der Waals surface area contributed by atoms with Crippen molar-refractivity contribution >= 4 is 33.0 Å². The molecule has 0 bridgehead atoms. The van der Waals surface area contributed by atoms with Crippen LogP contribution in [-0.2, 0) is 6.42 Å². The zero-order chi connectivity index (χ0) is 12.3. The van der Waals surface area contributed by atoms with Gasteiger partial charge in [0, 0.05) is 21.7 Å². The molecule has 0 aliphatic carbocycles. The first-order valence-electron chi connectivity index (χ1n) is 5.65. The molecule has 0 saturated carbocycles. The number of rotatable bonds is 4. The molecule has 17 heavy (non-hydrogen) atoms. The number of anilines is 1. The number of nitrogens with zero attached hydrogens (tertiary/aromatic N) is 1. The SMILES string of the molecule is CCc1cc(Br)ccc1NC(C)c1nccs1. The zero-order valence-corrected chi connectivity index (χ0v) is 12.3. The van der Waals surface area contributed by atoms with Gasteiger partial charge in [-0.05, 0) is 37.1 Å².